The number of para-hydroxylation sites is 1. The number of amides is 2. The second-order valence-corrected chi connectivity index (χ2v) is 7.61. The number of nitrogens with one attached hydrogen (secondary N) is 2. The van der Waals surface area contributed by atoms with E-state index in [9.17, 15) is 22.8 Å². The van der Waals surface area contributed by atoms with Gasteiger partial charge < -0.3 is 15.4 Å². The van der Waals surface area contributed by atoms with Crippen LogP contribution in [0.1, 0.15) is 33.3 Å². The van der Waals surface area contributed by atoms with E-state index >= 15 is 0 Å². The summed E-state index contributed by atoms with van der Waals surface area (Å²) < 4.78 is 47.2. The van der Waals surface area contributed by atoms with Gasteiger partial charge in [-0.25, -0.2) is 4.68 Å². The van der Waals surface area contributed by atoms with Crippen LogP contribution in [0.25, 0.3) is 5.69 Å². The Balaban J connectivity index is 1.61. The fraction of sp³-hybridized carbons (Fsp3) is 0.227. The maximum Gasteiger partial charge on any atom is 0.435 e. The van der Waals surface area contributed by atoms with E-state index in [2.05, 4.69) is 31.7 Å². The summed E-state index contributed by atoms with van der Waals surface area (Å²) >= 11 is 3.32. The molecule has 33 heavy (non-hydrogen) atoms. The average Bonchev–Trinajstić information content (AvgIpc) is 3.25. The molecule has 0 atom stereocenters. The zero-order valence-corrected chi connectivity index (χ0v) is 19.0. The van der Waals surface area contributed by atoms with Crippen molar-refractivity contribution >= 4 is 27.7 Å². The average molecular weight is 525 g/mol. The number of halogens is 4. The van der Waals surface area contributed by atoms with Gasteiger partial charge in [-0.2, -0.15) is 18.3 Å². The molecule has 0 fully saturated rings. The Morgan fingerprint density at radius 2 is 1.73 bits per heavy atom. The number of hydrogen-bond acceptors (Lipinski definition) is 4. The molecule has 11 heteroatoms. The first-order valence-corrected chi connectivity index (χ1v) is 10.7. The Kier molecular flexibility index (Phi) is 7.75. The molecule has 0 spiro atoms. The number of carbonyl (C=O) groups is 2. The Bertz CT molecular complexity index is 1130. The van der Waals surface area contributed by atoms with Crippen molar-refractivity contribution in [2.24, 2.45) is 0 Å². The largest absolute Gasteiger partial charge is 0.493 e. The van der Waals surface area contributed by atoms with Crippen molar-refractivity contribution in [2.45, 2.75) is 13.1 Å². The first-order chi connectivity index (χ1) is 15.7. The minimum absolute atomic E-state index is 0.0174. The summed E-state index contributed by atoms with van der Waals surface area (Å²) in [5.74, 6) is -0.749. The van der Waals surface area contributed by atoms with Crippen molar-refractivity contribution in [3.05, 3.63) is 76.0 Å². The zero-order valence-electron chi connectivity index (χ0n) is 17.4. The molecular formula is C22H20BrF3N4O3. The van der Waals surface area contributed by atoms with E-state index in [1.807, 2.05) is 6.92 Å². The van der Waals surface area contributed by atoms with E-state index < -0.39 is 29.2 Å². The fourth-order valence-electron chi connectivity index (χ4n) is 2.93. The van der Waals surface area contributed by atoms with Crippen LogP contribution in [0.15, 0.2) is 59.2 Å². The summed E-state index contributed by atoms with van der Waals surface area (Å²) in [5, 5.41) is 8.53. The lowest BCUT2D eigenvalue weighted by Gasteiger charge is -2.10. The van der Waals surface area contributed by atoms with Gasteiger partial charge in [-0.05, 0) is 53.2 Å². The number of benzene rings is 2. The molecule has 1 heterocycles. The lowest BCUT2D eigenvalue weighted by atomic mass is 10.2. The third-order valence-electron chi connectivity index (χ3n) is 4.44. The normalized spacial score (nSPS) is 11.2. The Hall–Kier alpha value is -3.34. The number of aromatic nitrogens is 2. The predicted molar refractivity (Wildman–Crippen MR) is 119 cm³/mol. The molecule has 0 radical (unpaired) electrons. The highest BCUT2D eigenvalue weighted by atomic mass is 79.9. The molecule has 0 bridgehead atoms. The number of hydrogen-bond donors (Lipinski definition) is 2. The second-order valence-electron chi connectivity index (χ2n) is 6.76. The van der Waals surface area contributed by atoms with Gasteiger partial charge in [0.25, 0.3) is 11.8 Å². The molecule has 0 aliphatic heterocycles. The van der Waals surface area contributed by atoms with Crippen molar-refractivity contribution in [3.63, 3.8) is 0 Å². The smallest absolute Gasteiger partial charge is 0.435 e. The molecule has 0 unspecified atom stereocenters. The van der Waals surface area contributed by atoms with Gasteiger partial charge in [0.2, 0.25) is 0 Å². The van der Waals surface area contributed by atoms with Crippen LogP contribution in [-0.2, 0) is 6.18 Å². The second kappa shape index (κ2) is 10.5. The number of alkyl halides is 3. The van der Waals surface area contributed by atoms with Gasteiger partial charge in [0.05, 0.1) is 22.3 Å². The van der Waals surface area contributed by atoms with Crippen LogP contribution in [0, 0.1) is 0 Å². The molecule has 7 nitrogen and oxygen atoms in total. The fourth-order valence-corrected chi connectivity index (χ4v) is 3.42. The van der Waals surface area contributed by atoms with Gasteiger partial charge in [0, 0.05) is 24.8 Å². The highest BCUT2D eigenvalue weighted by Crippen LogP contribution is 2.31. The molecule has 0 aliphatic carbocycles. The lowest BCUT2D eigenvalue weighted by Crippen LogP contribution is -2.35. The van der Waals surface area contributed by atoms with E-state index in [4.69, 9.17) is 4.74 Å². The number of carbonyl (C=O) groups excluding carboxylic acids is 2. The zero-order chi connectivity index (χ0) is 24.0. The molecule has 3 rings (SSSR count). The minimum atomic E-state index is -4.80. The van der Waals surface area contributed by atoms with Gasteiger partial charge in [0.15, 0.2) is 5.69 Å². The number of rotatable bonds is 8. The maximum absolute atomic E-state index is 13.4. The monoisotopic (exact) mass is 524 g/mol. The number of nitrogens with zero attached hydrogens (tertiary/aromatic N) is 2. The Morgan fingerprint density at radius 1 is 1.06 bits per heavy atom. The van der Waals surface area contributed by atoms with E-state index in [-0.39, 0.29) is 13.1 Å². The molecule has 0 saturated carbocycles. The summed E-state index contributed by atoms with van der Waals surface area (Å²) in [6.07, 6.45) is -3.77. The molecule has 0 aliphatic rings. The molecule has 3 aromatic rings. The molecule has 2 amide bonds. The van der Waals surface area contributed by atoms with Crippen LogP contribution in [0.5, 0.6) is 5.75 Å². The third-order valence-corrected chi connectivity index (χ3v) is 5.06. The van der Waals surface area contributed by atoms with Gasteiger partial charge >= 0.3 is 6.18 Å². The van der Waals surface area contributed by atoms with E-state index in [0.717, 1.165) is 10.9 Å². The topological polar surface area (TPSA) is 85.3 Å². The highest BCUT2D eigenvalue weighted by molar-refractivity contribution is 9.10. The van der Waals surface area contributed by atoms with Crippen LogP contribution in [-0.4, -0.2) is 41.3 Å². The summed E-state index contributed by atoms with van der Waals surface area (Å²) in [7, 11) is 0. The van der Waals surface area contributed by atoms with Crippen LogP contribution in [0.4, 0.5) is 13.2 Å². The number of ether oxygens (including phenoxy) is 1. The van der Waals surface area contributed by atoms with Gasteiger partial charge in [-0.1, -0.05) is 18.2 Å². The third kappa shape index (κ3) is 6.13. The van der Waals surface area contributed by atoms with Crippen molar-refractivity contribution < 1.29 is 27.5 Å². The van der Waals surface area contributed by atoms with Gasteiger partial charge in [-0.15, -0.1) is 0 Å². The van der Waals surface area contributed by atoms with E-state index in [1.165, 1.54) is 0 Å². The van der Waals surface area contributed by atoms with Crippen molar-refractivity contribution in [2.75, 3.05) is 19.7 Å². The van der Waals surface area contributed by atoms with Crippen LogP contribution in [0.3, 0.4) is 0 Å². The highest BCUT2D eigenvalue weighted by Gasteiger charge is 2.39. The Morgan fingerprint density at radius 3 is 2.33 bits per heavy atom. The maximum atomic E-state index is 13.4. The molecule has 0 saturated heterocycles. The molecule has 174 valence electrons. The van der Waals surface area contributed by atoms with E-state index in [0.29, 0.717) is 28.1 Å². The van der Waals surface area contributed by atoms with Gasteiger partial charge in [-0.3, -0.25) is 9.59 Å². The van der Waals surface area contributed by atoms with E-state index in [1.54, 1.807) is 48.5 Å². The molecular weight excluding hydrogens is 505 g/mol. The minimum Gasteiger partial charge on any atom is -0.493 e. The predicted octanol–water partition coefficient (Wildman–Crippen LogP) is 4.21. The standard InChI is InChI=1S/C22H20BrF3N4O3/c1-2-33-18-9-8-14(12-17(18)23)20(31)27-10-11-28-21(32)16-13-30(15-6-4-3-5-7-15)29-19(16)22(24,25)26/h3-9,12-13H,2,10-11H2,1H3,(H,27,31)(H,28,32). The van der Waals surface area contributed by atoms with Gasteiger partial charge in [0.1, 0.15) is 5.75 Å². The molecule has 2 aromatic carbocycles. The lowest BCUT2D eigenvalue weighted by molar-refractivity contribution is -0.141. The SMILES string of the molecule is CCOc1ccc(C(=O)NCCNC(=O)c2cn(-c3ccccc3)nc2C(F)(F)F)cc1Br. The molecule has 2 N–H and O–H groups in total. The van der Waals surface area contributed by atoms with Crippen molar-refractivity contribution in [3.8, 4) is 11.4 Å². The summed E-state index contributed by atoms with van der Waals surface area (Å²) in [6, 6.07) is 13.0. The van der Waals surface area contributed by atoms with Crippen LogP contribution >= 0.6 is 15.9 Å². The quantitative estimate of drug-likeness (QED) is 0.432. The summed E-state index contributed by atoms with van der Waals surface area (Å²) in [4.78, 5) is 24.7. The van der Waals surface area contributed by atoms with Crippen molar-refractivity contribution in [1.29, 1.82) is 0 Å². The Labute approximate surface area is 196 Å². The van der Waals surface area contributed by atoms with Crippen molar-refractivity contribution in [1.82, 2.24) is 20.4 Å². The van der Waals surface area contributed by atoms with Crippen LogP contribution < -0.4 is 15.4 Å². The summed E-state index contributed by atoms with van der Waals surface area (Å²) in [5.41, 5.74) is -1.14. The first kappa shape index (κ1) is 24.3. The molecule has 1 aromatic heterocycles. The first-order valence-electron chi connectivity index (χ1n) is 9.91. The van der Waals surface area contributed by atoms with Crippen LogP contribution in [0.2, 0.25) is 0 Å². The summed E-state index contributed by atoms with van der Waals surface area (Å²) in [6.45, 7) is 2.26.